The third-order valence-electron chi connectivity index (χ3n) is 2.45. The number of hydrogen-bond acceptors (Lipinski definition) is 2. The molecule has 0 saturated heterocycles. The molecule has 0 amide bonds. The lowest BCUT2D eigenvalue weighted by atomic mass is 9.91. The summed E-state index contributed by atoms with van der Waals surface area (Å²) < 4.78 is 0. The third kappa shape index (κ3) is 1.80. The fourth-order valence-corrected chi connectivity index (χ4v) is 1.67. The SMILES string of the molecule is CC(C)[C@@H](O)[C@H]1CCCC1=O. The van der Waals surface area contributed by atoms with Crippen LogP contribution in [0, 0.1) is 11.8 Å². The number of aliphatic hydroxyl groups excluding tert-OH is 1. The van der Waals surface area contributed by atoms with Crippen molar-refractivity contribution in [1.82, 2.24) is 0 Å². The van der Waals surface area contributed by atoms with Crippen LogP contribution in [0.2, 0.25) is 0 Å². The van der Waals surface area contributed by atoms with Gasteiger partial charge in [0.2, 0.25) is 0 Å². The Hall–Kier alpha value is -0.370. The molecule has 11 heavy (non-hydrogen) atoms. The molecule has 1 saturated carbocycles. The second kappa shape index (κ2) is 3.35. The fourth-order valence-electron chi connectivity index (χ4n) is 1.67. The number of ketones is 1. The first-order valence-corrected chi connectivity index (χ1v) is 4.33. The number of hydrogen-bond donors (Lipinski definition) is 1. The van der Waals surface area contributed by atoms with E-state index >= 15 is 0 Å². The Morgan fingerprint density at radius 3 is 2.55 bits per heavy atom. The van der Waals surface area contributed by atoms with Gasteiger partial charge in [-0.1, -0.05) is 13.8 Å². The molecule has 2 atom stereocenters. The monoisotopic (exact) mass is 156 g/mol. The van der Waals surface area contributed by atoms with Crippen molar-refractivity contribution in [2.24, 2.45) is 11.8 Å². The molecular formula is C9H16O2. The van der Waals surface area contributed by atoms with E-state index in [1.165, 1.54) is 0 Å². The van der Waals surface area contributed by atoms with Gasteiger partial charge in [-0.3, -0.25) is 4.79 Å². The molecule has 64 valence electrons. The zero-order valence-electron chi connectivity index (χ0n) is 7.21. The maximum absolute atomic E-state index is 11.2. The maximum Gasteiger partial charge on any atom is 0.138 e. The Bertz CT molecular complexity index is 152. The van der Waals surface area contributed by atoms with E-state index in [0.29, 0.717) is 6.42 Å². The normalized spacial score (nSPS) is 28.0. The number of carbonyl (C=O) groups excluding carboxylic acids is 1. The molecule has 1 aliphatic carbocycles. The zero-order chi connectivity index (χ0) is 8.43. The fraction of sp³-hybridized carbons (Fsp3) is 0.889. The molecule has 0 aliphatic heterocycles. The summed E-state index contributed by atoms with van der Waals surface area (Å²) in [6.45, 7) is 3.91. The van der Waals surface area contributed by atoms with Crippen LogP contribution in [0.4, 0.5) is 0 Å². The summed E-state index contributed by atoms with van der Waals surface area (Å²) in [5.41, 5.74) is 0. The quantitative estimate of drug-likeness (QED) is 0.655. The highest BCUT2D eigenvalue weighted by molar-refractivity contribution is 5.83. The van der Waals surface area contributed by atoms with E-state index in [9.17, 15) is 9.90 Å². The summed E-state index contributed by atoms with van der Waals surface area (Å²) in [5, 5.41) is 9.58. The van der Waals surface area contributed by atoms with Gasteiger partial charge in [-0.2, -0.15) is 0 Å². The second-order valence-corrected chi connectivity index (χ2v) is 3.70. The molecule has 2 nitrogen and oxygen atoms in total. The Morgan fingerprint density at radius 1 is 1.55 bits per heavy atom. The first kappa shape index (κ1) is 8.72. The van der Waals surface area contributed by atoms with Crippen LogP contribution in [0.5, 0.6) is 0 Å². The second-order valence-electron chi connectivity index (χ2n) is 3.70. The van der Waals surface area contributed by atoms with Gasteiger partial charge in [-0.15, -0.1) is 0 Å². The molecule has 0 bridgehead atoms. The number of Topliss-reactive ketones (excluding diaryl/α,β-unsaturated/α-hetero) is 1. The Kier molecular flexibility index (Phi) is 2.66. The molecule has 0 radical (unpaired) electrons. The van der Waals surface area contributed by atoms with Crippen LogP contribution in [0.15, 0.2) is 0 Å². The highest BCUT2D eigenvalue weighted by Crippen LogP contribution is 2.27. The van der Waals surface area contributed by atoms with Crippen LogP contribution < -0.4 is 0 Å². The minimum Gasteiger partial charge on any atom is -0.392 e. The average Bonchev–Trinajstić information content (AvgIpc) is 2.33. The maximum atomic E-state index is 11.2. The minimum atomic E-state index is -0.412. The van der Waals surface area contributed by atoms with Crippen LogP contribution in [0.3, 0.4) is 0 Å². The molecule has 0 heterocycles. The standard InChI is InChI=1S/C9H16O2/c1-6(2)9(11)7-4-3-5-8(7)10/h6-7,9,11H,3-5H2,1-2H3/t7-,9+/m0/s1. The summed E-state index contributed by atoms with van der Waals surface area (Å²) in [6.07, 6.45) is 2.12. The first-order valence-electron chi connectivity index (χ1n) is 4.33. The lowest BCUT2D eigenvalue weighted by Crippen LogP contribution is -2.28. The Morgan fingerprint density at radius 2 is 2.18 bits per heavy atom. The molecule has 1 rings (SSSR count). The highest BCUT2D eigenvalue weighted by atomic mass is 16.3. The van der Waals surface area contributed by atoms with Gasteiger partial charge >= 0.3 is 0 Å². The summed E-state index contributed by atoms with van der Waals surface area (Å²) in [7, 11) is 0. The predicted molar refractivity (Wildman–Crippen MR) is 43.2 cm³/mol. The molecule has 0 aromatic heterocycles. The van der Waals surface area contributed by atoms with Crippen molar-refractivity contribution in [2.75, 3.05) is 0 Å². The van der Waals surface area contributed by atoms with E-state index in [0.717, 1.165) is 12.8 Å². The molecule has 0 aromatic rings. The molecule has 1 aliphatic rings. The van der Waals surface area contributed by atoms with E-state index in [1.807, 2.05) is 13.8 Å². The molecule has 0 spiro atoms. The molecule has 2 heteroatoms. The Labute approximate surface area is 67.6 Å². The van der Waals surface area contributed by atoms with Crippen molar-refractivity contribution in [3.05, 3.63) is 0 Å². The average molecular weight is 156 g/mol. The topological polar surface area (TPSA) is 37.3 Å². The van der Waals surface area contributed by atoms with Crippen LogP contribution in [-0.2, 0) is 4.79 Å². The Balaban J connectivity index is 2.52. The van der Waals surface area contributed by atoms with E-state index in [4.69, 9.17) is 0 Å². The van der Waals surface area contributed by atoms with E-state index in [-0.39, 0.29) is 17.6 Å². The van der Waals surface area contributed by atoms with Crippen molar-refractivity contribution in [3.8, 4) is 0 Å². The lowest BCUT2D eigenvalue weighted by molar-refractivity contribution is -0.124. The van der Waals surface area contributed by atoms with Gasteiger partial charge in [0.25, 0.3) is 0 Å². The number of aliphatic hydroxyl groups is 1. The largest absolute Gasteiger partial charge is 0.392 e. The number of rotatable bonds is 2. The van der Waals surface area contributed by atoms with Crippen molar-refractivity contribution in [3.63, 3.8) is 0 Å². The highest BCUT2D eigenvalue weighted by Gasteiger charge is 2.32. The minimum absolute atomic E-state index is 0.0602. The molecule has 0 unspecified atom stereocenters. The van der Waals surface area contributed by atoms with Crippen molar-refractivity contribution in [2.45, 2.75) is 39.2 Å². The summed E-state index contributed by atoms with van der Waals surface area (Å²) in [4.78, 5) is 11.2. The van der Waals surface area contributed by atoms with Gasteiger partial charge in [-0.05, 0) is 18.8 Å². The molecule has 0 aromatic carbocycles. The number of carbonyl (C=O) groups is 1. The molecule has 1 fully saturated rings. The third-order valence-corrected chi connectivity index (χ3v) is 2.45. The van der Waals surface area contributed by atoms with E-state index in [1.54, 1.807) is 0 Å². The van der Waals surface area contributed by atoms with Gasteiger partial charge in [0.1, 0.15) is 5.78 Å². The smallest absolute Gasteiger partial charge is 0.138 e. The first-order chi connectivity index (χ1) is 5.13. The summed E-state index contributed by atoms with van der Waals surface area (Å²) in [6, 6.07) is 0. The van der Waals surface area contributed by atoms with Crippen LogP contribution in [0.1, 0.15) is 33.1 Å². The molecular weight excluding hydrogens is 140 g/mol. The summed E-state index contributed by atoms with van der Waals surface area (Å²) >= 11 is 0. The zero-order valence-corrected chi connectivity index (χ0v) is 7.21. The van der Waals surface area contributed by atoms with Gasteiger partial charge in [-0.25, -0.2) is 0 Å². The van der Waals surface area contributed by atoms with Crippen molar-refractivity contribution in [1.29, 1.82) is 0 Å². The summed E-state index contributed by atoms with van der Waals surface area (Å²) in [5.74, 6) is 0.406. The van der Waals surface area contributed by atoms with E-state index < -0.39 is 6.10 Å². The van der Waals surface area contributed by atoms with Gasteiger partial charge in [0, 0.05) is 12.3 Å². The predicted octanol–water partition coefficient (Wildman–Crippen LogP) is 1.37. The van der Waals surface area contributed by atoms with E-state index in [2.05, 4.69) is 0 Å². The van der Waals surface area contributed by atoms with Gasteiger partial charge in [0.15, 0.2) is 0 Å². The van der Waals surface area contributed by atoms with Crippen LogP contribution in [0.25, 0.3) is 0 Å². The van der Waals surface area contributed by atoms with Gasteiger partial charge < -0.3 is 5.11 Å². The van der Waals surface area contributed by atoms with Crippen LogP contribution >= 0.6 is 0 Å². The van der Waals surface area contributed by atoms with Gasteiger partial charge in [0.05, 0.1) is 6.10 Å². The van der Waals surface area contributed by atoms with Crippen molar-refractivity contribution >= 4 is 5.78 Å². The molecule has 1 N–H and O–H groups in total. The lowest BCUT2D eigenvalue weighted by Gasteiger charge is -2.19. The van der Waals surface area contributed by atoms with Crippen LogP contribution in [-0.4, -0.2) is 17.0 Å². The van der Waals surface area contributed by atoms with Crippen molar-refractivity contribution < 1.29 is 9.90 Å².